The SMILES string of the molecule is Cc1cc(N(NCOC(C)(C)C)C(=O)OC(C)(C)C)cc(C)c1F. The minimum Gasteiger partial charge on any atom is -0.442 e. The molecule has 0 aliphatic rings. The lowest BCUT2D eigenvalue weighted by Gasteiger charge is -2.29. The van der Waals surface area contributed by atoms with E-state index in [-0.39, 0.29) is 18.1 Å². The van der Waals surface area contributed by atoms with Crippen LogP contribution in [0.1, 0.15) is 52.7 Å². The van der Waals surface area contributed by atoms with Crippen LogP contribution in [0.25, 0.3) is 0 Å². The van der Waals surface area contributed by atoms with Crippen LogP contribution in [0.5, 0.6) is 0 Å². The van der Waals surface area contributed by atoms with Crippen LogP contribution in [0.15, 0.2) is 12.1 Å². The molecule has 1 amide bonds. The predicted octanol–water partition coefficient (Wildman–Crippen LogP) is 4.46. The Morgan fingerprint density at radius 2 is 1.58 bits per heavy atom. The second kappa shape index (κ2) is 7.49. The van der Waals surface area contributed by atoms with Crippen molar-refractivity contribution in [3.8, 4) is 0 Å². The molecule has 6 heteroatoms. The second-order valence-corrected chi connectivity index (χ2v) is 7.77. The maximum absolute atomic E-state index is 13.9. The van der Waals surface area contributed by atoms with Crippen LogP contribution in [0.2, 0.25) is 0 Å². The maximum atomic E-state index is 13.9. The van der Waals surface area contributed by atoms with Crippen molar-refractivity contribution in [3.05, 3.63) is 29.1 Å². The molecule has 1 rings (SSSR count). The maximum Gasteiger partial charge on any atom is 0.429 e. The van der Waals surface area contributed by atoms with Gasteiger partial charge in [-0.25, -0.2) is 14.2 Å². The molecule has 0 atom stereocenters. The number of halogens is 1. The molecule has 0 heterocycles. The molecule has 0 aromatic heterocycles. The van der Waals surface area contributed by atoms with E-state index < -0.39 is 11.7 Å². The number of benzene rings is 1. The summed E-state index contributed by atoms with van der Waals surface area (Å²) < 4.78 is 24.9. The Balaban J connectivity index is 3.06. The summed E-state index contributed by atoms with van der Waals surface area (Å²) >= 11 is 0. The number of hydrogen-bond donors (Lipinski definition) is 1. The van der Waals surface area contributed by atoms with E-state index in [0.717, 1.165) is 0 Å². The summed E-state index contributed by atoms with van der Waals surface area (Å²) in [7, 11) is 0. The van der Waals surface area contributed by atoms with Crippen LogP contribution < -0.4 is 10.4 Å². The Labute approximate surface area is 144 Å². The number of carbonyl (C=O) groups excluding carboxylic acids is 1. The van der Waals surface area contributed by atoms with Crippen molar-refractivity contribution < 1.29 is 18.7 Å². The molecule has 0 fully saturated rings. The molecular formula is C18H29FN2O3. The van der Waals surface area contributed by atoms with E-state index in [1.54, 1.807) is 46.8 Å². The van der Waals surface area contributed by atoms with Gasteiger partial charge in [-0.05, 0) is 78.6 Å². The van der Waals surface area contributed by atoms with E-state index in [1.165, 1.54) is 5.01 Å². The molecule has 0 aliphatic carbocycles. The minimum atomic E-state index is -0.647. The topological polar surface area (TPSA) is 50.8 Å². The summed E-state index contributed by atoms with van der Waals surface area (Å²) in [6.45, 7) is 14.5. The van der Waals surface area contributed by atoms with Crippen molar-refractivity contribution in [1.29, 1.82) is 0 Å². The van der Waals surface area contributed by atoms with E-state index in [9.17, 15) is 9.18 Å². The van der Waals surface area contributed by atoms with Crippen molar-refractivity contribution in [1.82, 2.24) is 5.43 Å². The summed E-state index contributed by atoms with van der Waals surface area (Å²) in [4.78, 5) is 12.5. The Hall–Kier alpha value is -1.66. The highest BCUT2D eigenvalue weighted by atomic mass is 19.1. The second-order valence-electron chi connectivity index (χ2n) is 7.77. The van der Waals surface area contributed by atoms with E-state index in [1.807, 2.05) is 20.8 Å². The zero-order valence-electron chi connectivity index (χ0n) is 15.9. The fraction of sp³-hybridized carbons (Fsp3) is 0.611. The van der Waals surface area contributed by atoms with Crippen molar-refractivity contribution in [2.45, 2.75) is 66.6 Å². The lowest BCUT2D eigenvalue weighted by molar-refractivity contribution is -0.0161. The van der Waals surface area contributed by atoms with Crippen LogP contribution >= 0.6 is 0 Å². The van der Waals surface area contributed by atoms with Gasteiger partial charge >= 0.3 is 6.09 Å². The number of hydrogen-bond acceptors (Lipinski definition) is 4. The summed E-state index contributed by atoms with van der Waals surface area (Å²) in [6, 6.07) is 3.19. The molecule has 136 valence electrons. The van der Waals surface area contributed by atoms with Gasteiger partial charge in [0.15, 0.2) is 0 Å². The first-order valence-electron chi connectivity index (χ1n) is 7.97. The standard InChI is InChI=1S/C18H29FN2O3/c1-12-9-14(10-13(2)15(12)19)21(16(22)24-18(6,7)8)20-11-23-17(3,4)5/h9-10,20H,11H2,1-8H3. The lowest BCUT2D eigenvalue weighted by atomic mass is 10.1. The van der Waals surface area contributed by atoms with Gasteiger partial charge in [0.2, 0.25) is 0 Å². The number of ether oxygens (including phenoxy) is 2. The molecular weight excluding hydrogens is 311 g/mol. The van der Waals surface area contributed by atoms with Gasteiger partial charge in [-0.1, -0.05) is 0 Å². The van der Waals surface area contributed by atoms with Crippen molar-refractivity contribution in [2.75, 3.05) is 11.7 Å². The molecule has 1 aromatic rings. The number of anilines is 1. The Kier molecular flexibility index (Phi) is 6.36. The molecule has 0 saturated carbocycles. The molecule has 0 radical (unpaired) electrons. The van der Waals surface area contributed by atoms with Gasteiger partial charge in [-0.3, -0.25) is 0 Å². The number of hydrazine groups is 1. The van der Waals surface area contributed by atoms with Crippen molar-refractivity contribution in [3.63, 3.8) is 0 Å². The van der Waals surface area contributed by atoms with E-state index in [2.05, 4.69) is 5.43 Å². The van der Waals surface area contributed by atoms with Crippen LogP contribution in [0, 0.1) is 19.7 Å². The summed E-state index contributed by atoms with van der Waals surface area (Å²) in [6.07, 6.45) is -0.578. The quantitative estimate of drug-likeness (QED) is 0.649. The fourth-order valence-corrected chi connectivity index (χ4v) is 1.93. The molecule has 1 N–H and O–H groups in total. The number of aryl methyl sites for hydroxylation is 2. The summed E-state index contributed by atoms with van der Waals surface area (Å²) in [5.74, 6) is -0.283. The third-order valence-electron chi connectivity index (χ3n) is 2.98. The Morgan fingerprint density at radius 3 is 2.00 bits per heavy atom. The van der Waals surface area contributed by atoms with Gasteiger partial charge in [0.1, 0.15) is 18.1 Å². The molecule has 0 aliphatic heterocycles. The summed E-state index contributed by atoms with van der Waals surface area (Å²) in [5, 5.41) is 1.25. The van der Waals surface area contributed by atoms with Gasteiger partial charge in [0.05, 0.1) is 11.3 Å². The largest absolute Gasteiger partial charge is 0.442 e. The Bertz CT molecular complexity index is 566. The fourth-order valence-electron chi connectivity index (χ4n) is 1.93. The average Bonchev–Trinajstić information content (AvgIpc) is 2.37. The highest BCUT2D eigenvalue weighted by Crippen LogP contribution is 2.23. The lowest BCUT2D eigenvalue weighted by Crippen LogP contribution is -2.47. The first-order chi connectivity index (χ1) is 10.8. The van der Waals surface area contributed by atoms with E-state index in [0.29, 0.717) is 16.8 Å². The molecule has 0 unspecified atom stereocenters. The molecule has 0 saturated heterocycles. The third-order valence-corrected chi connectivity index (χ3v) is 2.98. The zero-order valence-corrected chi connectivity index (χ0v) is 15.9. The van der Waals surface area contributed by atoms with E-state index >= 15 is 0 Å². The average molecular weight is 340 g/mol. The number of rotatable bonds is 4. The monoisotopic (exact) mass is 340 g/mol. The molecule has 0 spiro atoms. The normalized spacial score (nSPS) is 12.2. The number of nitrogens with zero attached hydrogens (tertiary/aromatic N) is 1. The zero-order chi connectivity index (χ0) is 18.7. The highest BCUT2D eigenvalue weighted by molar-refractivity contribution is 5.87. The summed E-state index contributed by atoms with van der Waals surface area (Å²) in [5.41, 5.74) is 3.31. The van der Waals surface area contributed by atoms with E-state index in [4.69, 9.17) is 9.47 Å². The van der Waals surface area contributed by atoms with Gasteiger partial charge in [0.25, 0.3) is 0 Å². The van der Waals surface area contributed by atoms with Crippen molar-refractivity contribution in [2.24, 2.45) is 0 Å². The minimum absolute atomic E-state index is 0.109. The van der Waals surface area contributed by atoms with Crippen molar-refractivity contribution >= 4 is 11.8 Å². The van der Waals surface area contributed by atoms with Crippen LogP contribution in [-0.4, -0.2) is 24.0 Å². The first-order valence-corrected chi connectivity index (χ1v) is 7.97. The number of carbonyl (C=O) groups is 1. The van der Waals surface area contributed by atoms with Crippen LogP contribution in [-0.2, 0) is 9.47 Å². The molecule has 0 bridgehead atoms. The van der Waals surface area contributed by atoms with Gasteiger partial charge < -0.3 is 9.47 Å². The van der Waals surface area contributed by atoms with Gasteiger partial charge in [-0.2, -0.15) is 5.43 Å². The third kappa shape index (κ3) is 6.45. The molecule has 24 heavy (non-hydrogen) atoms. The number of nitrogens with one attached hydrogen (secondary N) is 1. The predicted molar refractivity (Wildman–Crippen MR) is 93.4 cm³/mol. The Morgan fingerprint density at radius 1 is 1.08 bits per heavy atom. The smallest absolute Gasteiger partial charge is 0.429 e. The first kappa shape index (κ1) is 20.4. The van der Waals surface area contributed by atoms with Gasteiger partial charge in [0, 0.05) is 0 Å². The van der Waals surface area contributed by atoms with Gasteiger partial charge in [-0.15, -0.1) is 0 Å². The molecule has 1 aromatic carbocycles. The number of amides is 1. The van der Waals surface area contributed by atoms with Crippen LogP contribution in [0.4, 0.5) is 14.9 Å². The molecule has 5 nitrogen and oxygen atoms in total. The highest BCUT2D eigenvalue weighted by Gasteiger charge is 2.25. The van der Waals surface area contributed by atoms with Crippen LogP contribution in [0.3, 0.4) is 0 Å².